The molecule has 0 amide bonds. The van der Waals surface area contributed by atoms with E-state index in [1.54, 1.807) is 0 Å². The Labute approximate surface area is 64.8 Å². The second-order valence-corrected chi connectivity index (χ2v) is 2.68. The molecule has 0 aliphatic rings. The molecule has 10 heavy (non-hydrogen) atoms. The molecule has 1 atom stereocenters. The Kier molecular flexibility index (Phi) is 7.04. The van der Waals surface area contributed by atoms with E-state index in [2.05, 4.69) is 20.8 Å². The largest absolute Gasteiger partial charge is 0.379 e. The molecule has 0 rings (SSSR count). The summed E-state index contributed by atoms with van der Waals surface area (Å²) in [7, 11) is 0. The minimum Gasteiger partial charge on any atom is -0.379 e. The third-order valence-electron chi connectivity index (χ3n) is 1.47. The molecule has 1 unspecified atom stereocenters. The molecule has 0 bridgehead atoms. The van der Waals surface area contributed by atoms with E-state index in [1.165, 1.54) is 6.42 Å². The first-order valence-corrected chi connectivity index (χ1v) is 4.22. The molecule has 0 aromatic carbocycles. The fourth-order valence-electron chi connectivity index (χ4n) is 0.834. The molecule has 0 spiro atoms. The lowest BCUT2D eigenvalue weighted by Crippen LogP contribution is -2.08. The minimum atomic E-state index is 0.432. The Morgan fingerprint density at radius 1 is 1.50 bits per heavy atom. The van der Waals surface area contributed by atoms with Crippen LogP contribution in [0.2, 0.25) is 0 Å². The first-order chi connectivity index (χ1) is 4.81. The molecular weight excluding hydrogens is 124 g/mol. The van der Waals surface area contributed by atoms with Crippen molar-refractivity contribution in [2.45, 2.75) is 45.6 Å². The van der Waals surface area contributed by atoms with Crippen LogP contribution in [0.3, 0.4) is 0 Å². The van der Waals surface area contributed by atoms with Crippen molar-refractivity contribution < 1.29 is 4.74 Å². The summed E-state index contributed by atoms with van der Waals surface area (Å²) in [5.74, 6) is 0. The monoisotopic (exact) mass is 143 g/mol. The second-order valence-electron chi connectivity index (χ2n) is 2.68. The first kappa shape index (κ1) is 9.96. The van der Waals surface area contributed by atoms with Crippen LogP contribution in [-0.2, 0) is 4.74 Å². The summed E-state index contributed by atoms with van der Waals surface area (Å²) in [6.45, 7) is 8.95. The van der Waals surface area contributed by atoms with Crippen LogP contribution in [-0.4, -0.2) is 12.7 Å². The van der Waals surface area contributed by atoms with Crippen LogP contribution in [0.5, 0.6) is 0 Å². The van der Waals surface area contributed by atoms with Crippen LogP contribution < -0.4 is 0 Å². The molecule has 0 saturated carbocycles. The van der Waals surface area contributed by atoms with Gasteiger partial charge < -0.3 is 4.74 Å². The molecule has 0 saturated heterocycles. The number of unbranched alkanes of at least 4 members (excludes halogenated alkanes) is 1. The highest BCUT2D eigenvalue weighted by Gasteiger charge is 1.98. The van der Waals surface area contributed by atoms with Crippen molar-refractivity contribution >= 4 is 0 Å². The Morgan fingerprint density at radius 2 is 2.20 bits per heavy atom. The van der Waals surface area contributed by atoms with E-state index in [0.29, 0.717) is 6.10 Å². The smallest absolute Gasteiger partial charge is 0.0547 e. The summed E-state index contributed by atoms with van der Waals surface area (Å²) in [5, 5.41) is 0. The summed E-state index contributed by atoms with van der Waals surface area (Å²) in [6.07, 6.45) is 4.92. The second kappa shape index (κ2) is 7.07. The van der Waals surface area contributed by atoms with Crippen LogP contribution in [0.1, 0.15) is 39.5 Å². The fraction of sp³-hybridized carbons (Fsp3) is 0.889. The van der Waals surface area contributed by atoms with Crippen LogP contribution in [0, 0.1) is 6.92 Å². The number of ether oxygens (including phenoxy) is 1. The van der Waals surface area contributed by atoms with Gasteiger partial charge in [0.1, 0.15) is 0 Å². The van der Waals surface area contributed by atoms with Gasteiger partial charge >= 0.3 is 0 Å². The van der Waals surface area contributed by atoms with E-state index in [1.807, 2.05) is 0 Å². The van der Waals surface area contributed by atoms with E-state index >= 15 is 0 Å². The molecule has 0 aliphatic heterocycles. The first-order valence-electron chi connectivity index (χ1n) is 4.22. The van der Waals surface area contributed by atoms with Crippen molar-refractivity contribution in [3.05, 3.63) is 6.92 Å². The third-order valence-corrected chi connectivity index (χ3v) is 1.47. The van der Waals surface area contributed by atoms with E-state index < -0.39 is 0 Å². The lowest BCUT2D eigenvalue weighted by Gasteiger charge is -2.10. The lowest BCUT2D eigenvalue weighted by atomic mass is 10.2. The lowest BCUT2D eigenvalue weighted by molar-refractivity contribution is 0.0596. The fourth-order valence-corrected chi connectivity index (χ4v) is 0.834. The Hall–Kier alpha value is -0.0400. The van der Waals surface area contributed by atoms with Crippen LogP contribution in [0.15, 0.2) is 0 Å². The molecule has 0 aromatic rings. The minimum absolute atomic E-state index is 0.432. The van der Waals surface area contributed by atoms with Gasteiger partial charge in [0.15, 0.2) is 0 Å². The van der Waals surface area contributed by atoms with Gasteiger partial charge in [-0.1, -0.05) is 26.7 Å². The highest BCUT2D eigenvalue weighted by atomic mass is 16.5. The molecule has 0 aromatic heterocycles. The topological polar surface area (TPSA) is 9.23 Å². The van der Waals surface area contributed by atoms with E-state index in [4.69, 9.17) is 4.74 Å². The summed E-state index contributed by atoms with van der Waals surface area (Å²) in [6, 6.07) is 0. The van der Waals surface area contributed by atoms with Gasteiger partial charge in [0.25, 0.3) is 0 Å². The summed E-state index contributed by atoms with van der Waals surface area (Å²) < 4.78 is 5.47. The predicted molar refractivity (Wildman–Crippen MR) is 44.9 cm³/mol. The Balaban J connectivity index is 3.00. The molecule has 0 N–H and O–H groups in total. The zero-order valence-corrected chi connectivity index (χ0v) is 7.23. The summed E-state index contributed by atoms with van der Waals surface area (Å²) in [4.78, 5) is 0. The van der Waals surface area contributed by atoms with Crippen molar-refractivity contribution in [2.24, 2.45) is 0 Å². The van der Waals surface area contributed by atoms with Crippen molar-refractivity contribution in [2.75, 3.05) is 6.61 Å². The van der Waals surface area contributed by atoms with Gasteiger partial charge in [0.05, 0.1) is 6.10 Å². The average Bonchev–Trinajstić information content (AvgIpc) is 1.97. The molecule has 1 nitrogen and oxygen atoms in total. The summed E-state index contributed by atoms with van der Waals surface area (Å²) in [5.41, 5.74) is 0. The van der Waals surface area contributed by atoms with Gasteiger partial charge in [-0.15, -0.1) is 0 Å². The van der Waals surface area contributed by atoms with E-state index in [-0.39, 0.29) is 0 Å². The molecule has 1 radical (unpaired) electrons. The average molecular weight is 143 g/mol. The van der Waals surface area contributed by atoms with Gasteiger partial charge in [-0.05, 0) is 19.8 Å². The SMILES string of the molecule is [CH2]CCCC(C)OCCC. The highest BCUT2D eigenvalue weighted by molar-refractivity contribution is 4.51. The van der Waals surface area contributed by atoms with Crippen LogP contribution in [0.25, 0.3) is 0 Å². The molecule has 0 fully saturated rings. The van der Waals surface area contributed by atoms with Gasteiger partial charge in [-0.3, -0.25) is 0 Å². The van der Waals surface area contributed by atoms with Crippen LogP contribution in [0.4, 0.5) is 0 Å². The van der Waals surface area contributed by atoms with Gasteiger partial charge in [-0.2, -0.15) is 0 Å². The number of rotatable bonds is 6. The molecule has 0 aliphatic carbocycles. The van der Waals surface area contributed by atoms with Crippen molar-refractivity contribution in [3.63, 3.8) is 0 Å². The van der Waals surface area contributed by atoms with E-state index in [9.17, 15) is 0 Å². The standard InChI is InChI=1S/C9H19O/c1-4-6-7-9(3)10-8-5-2/h9H,1,4-8H2,2-3H3. The Bertz CT molecular complexity index is 53.7. The van der Waals surface area contributed by atoms with Gasteiger partial charge in [0.2, 0.25) is 0 Å². The number of hydrogen-bond acceptors (Lipinski definition) is 1. The molecule has 1 heteroatoms. The van der Waals surface area contributed by atoms with Crippen LogP contribution >= 0.6 is 0 Å². The van der Waals surface area contributed by atoms with Crippen molar-refractivity contribution in [1.29, 1.82) is 0 Å². The predicted octanol–water partition coefficient (Wildman–Crippen LogP) is 2.81. The highest BCUT2D eigenvalue weighted by Crippen LogP contribution is 2.03. The van der Waals surface area contributed by atoms with Gasteiger partial charge in [-0.25, -0.2) is 0 Å². The zero-order valence-electron chi connectivity index (χ0n) is 7.23. The maximum atomic E-state index is 5.47. The maximum Gasteiger partial charge on any atom is 0.0547 e. The van der Waals surface area contributed by atoms with E-state index in [0.717, 1.165) is 25.9 Å². The Morgan fingerprint density at radius 3 is 2.70 bits per heavy atom. The normalized spacial score (nSPS) is 13.5. The molecule has 61 valence electrons. The third kappa shape index (κ3) is 6.09. The number of hydrogen-bond donors (Lipinski definition) is 0. The maximum absolute atomic E-state index is 5.47. The summed E-state index contributed by atoms with van der Waals surface area (Å²) >= 11 is 0. The molecule has 0 heterocycles. The van der Waals surface area contributed by atoms with Crippen molar-refractivity contribution in [1.82, 2.24) is 0 Å². The zero-order chi connectivity index (χ0) is 7.82. The quantitative estimate of drug-likeness (QED) is 0.555. The van der Waals surface area contributed by atoms with Gasteiger partial charge in [0, 0.05) is 6.61 Å². The van der Waals surface area contributed by atoms with Crippen molar-refractivity contribution in [3.8, 4) is 0 Å². The molecular formula is C9H19O.